The van der Waals surface area contributed by atoms with Crippen molar-refractivity contribution in [3.63, 3.8) is 0 Å². The van der Waals surface area contributed by atoms with Gasteiger partial charge in [0.05, 0.1) is 18.4 Å². The molecule has 0 unspecified atom stereocenters. The number of nitrogens with one attached hydrogen (secondary N) is 2. The summed E-state index contributed by atoms with van der Waals surface area (Å²) in [5.41, 5.74) is 5.06. The number of rotatable bonds is 5. The number of nitriles is 1. The number of pyridine rings is 1. The number of ether oxygens (including phenoxy) is 1. The Morgan fingerprint density at radius 3 is 2.76 bits per heavy atom. The molecule has 0 aliphatic rings. The lowest BCUT2D eigenvalue weighted by molar-refractivity contribution is -0.702. The maximum atomic E-state index is 12.1. The van der Waals surface area contributed by atoms with Crippen LogP contribution in [0.15, 0.2) is 36.7 Å². The molecule has 1 aromatic carbocycles. The summed E-state index contributed by atoms with van der Waals surface area (Å²) in [5, 5.41) is 9.92. The number of esters is 1. The van der Waals surface area contributed by atoms with Crippen molar-refractivity contribution in [1.82, 2.24) is 9.97 Å². The summed E-state index contributed by atoms with van der Waals surface area (Å²) in [4.78, 5) is 18.7. The predicted molar refractivity (Wildman–Crippen MR) is 106 cm³/mol. The topological polar surface area (TPSA) is 89.6 Å². The first-order valence-corrected chi connectivity index (χ1v) is 9.66. The van der Waals surface area contributed by atoms with Crippen LogP contribution >= 0.6 is 0 Å². The van der Waals surface area contributed by atoms with Gasteiger partial charge in [-0.1, -0.05) is 12.1 Å². The number of H-pyrrole nitrogens is 2. The summed E-state index contributed by atoms with van der Waals surface area (Å²) in [6, 6.07) is 10.3. The Bertz CT molecular complexity index is 1280. The van der Waals surface area contributed by atoms with Crippen LogP contribution in [-0.4, -0.2) is 22.5 Å². The summed E-state index contributed by atoms with van der Waals surface area (Å²) < 4.78 is 9.26. The summed E-state index contributed by atoms with van der Waals surface area (Å²) in [6.45, 7) is 6.09. The van der Waals surface area contributed by atoms with Crippen LogP contribution in [0, 0.1) is 25.2 Å². The number of benzene rings is 1. The van der Waals surface area contributed by atoms with Gasteiger partial charge >= 0.3 is 17.4 Å². The highest BCUT2D eigenvalue weighted by molar-refractivity contribution is 5.77. The van der Waals surface area contributed by atoms with Gasteiger partial charge in [0.25, 0.3) is 0 Å². The number of aryl methyl sites for hydroxylation is 1. The average Bonchev–Trinajstić information content (AvgIpc) is 3.30. The van der Waals surface area contributed by atoms with Crippen molar-refractivity contribution >= 4 is 22.6 Å². The third-order valence-corrected chi connectivity index (χ3v) is 5.27. The van der Waals surface area contributed by atoms with E-state index in [1.807, 2.05) is 50.5 Å². The van der Waals surface area contributed by atoms with Crippen molar-refractivity contribution in [2.75, 3.05) is 6.61 Å². The highest BCUT2D eigenvalue weighted by atomic mass is 16.5. The lowest BCUT2D eigenvalue weighted by Crippen LogP contribution is -2.46. The van der Waals surface area contributed by atoms with Crippen LogP contribution < -0.4 is 8.97 Å². The fourth-order valence-electron chi connectivity index (χ4n) is 3.90. The number of nitrogens with zero attached hydrogens (tertiary/aromatic N) is 3. The maximum absolute atomic E-state index is 12.1. The van der Waals surface area contributed by atoms with Crippen LogP contribution in [0.2, 0.25) is 0 Å². The van der Waals surface area contributed by atoms with Gasteiger partial charge in [0, 0.05) is 13.3 Å². The smallest absolute Gasteiger partial charge is 0.362 e. The van der Waals surface area contributed by atoms with E-state index < -0.39 is 0 Å². The molecule has 7 nitrogen and oxygen atoms in total. The molecule has 2 N–H and O–H groups in total. The molecule has 4 aromatic rings. The number of hydrogen-bond acceptors (Lipinski definition) is 3. The molecule has 0 atom stereocenters. The molecule has 146 valence electrons. The molecule has 7 heteroatoms. The van der Waals surface area contributed by atoms with Gasteiger partial charge in [0.2, 0.25) is 16.9 Å². The molecular formula is C22H23N5O2+2. The van der Waals surface area contributed by atoms with Crippen molar-refractivity contribution in [2.45, 2.75) is 33.6 Å². The Kier molecular flexibility index (Phi) is 4.77. The van der Waals surface area contributed by atoms with Crippen molar-refractivity contribution < 1.29 is 18.5 Å². The van der Waals surface area contributed by atoms with Gasteiger partial charge in [-0.15, -0.1) is 4.40 Å². The number of para-hydroxylation sites is 2. The Balaban J connectivity index is 2.08. The first kappa shape index (κ1) is 18.7. The molecule has 0 aliphatic heterocycles. The van der Waals surface area contributed by atoms with Gasteiger partial charge in [-0.25, -0.2) is 4.98 Å². The Hall–Kier alpha value is -3.66. The molecule has 0 radical (unpaired) electrons. The number of imidazole rings is 2. The van der Waals surface area contributed by atoms with Crippen LogP contribution in [0.5, 0.6) is 0 Å². The molecule has 29 heavy (non-hydrogen) atoms. The van der Waals surface area contributed by atoms with E-state index >= 15 is 0 Å². The third-order valence-electron chi connectivity index (χ3n) is 5.27. The van der Waals surface area contributed by atoms with Crippen molar-refractivity contribution in [1.29, 1.82) is 5.26 Å². The minimum atomic E-state index is -0.240. The monoisotopic (exact) mass is 389 g/mol. The zero-order valence-corrected chi connectivity index (χ0v) is 16.7. The van der Waals surface area contributed by atoms with E-state index in [1.165, 1.54) is 0 Å². The molecule has 3 aromatic heterocycles. The van der Waals surface area contributed by atoms with Crippen LogP contribution in [-0.2, 0) is 16.0 Å². The lowest BCUT2D eigenvalue weighted by Gasteiger charge is -2.09. The van der Waals surface area contributed by atoms with Gasteiger partial charge in [0.1, 0.15) is 12.3 Å². The largest absolute Gasteiger partial charge is 0.466 e. The minimum Gasteiger partial charge on any atom is -0.466 e. The quantitative estimate of drug-likeness (QED) is 0.406. The molecular weight excluding hydrogens is 366 g/mol. The van der Waals surface area contributed by atoms with Crippen molar-refractivity contribution in [3.05, 3.63) is 59.2 Å². The van der Waals surface area contributed by atoms with E-state index in [0.717, 1.165) is 39.4 Å². The number of hydrogen-bond donors (Lipinski definition) is 2. The summed E-state index contributed by atoms with van der Waals surface area (Å²) in [5.74, 6) is 1.62. The van der Waals surface area contributed by atoms with Crippen LogP contribution in [0.25, 0.3) is 22.5 Å². The number of carbonyl (C=O) groups excluding carboxylic acids is 1. The van der Waals surface area contributed by atoms with E-state index in [9.17, 15) is 10.1 Å². The molecule has 0 fully saturated rings. The van der Waals surface area contributed by atoms with E-state index in [4.69, 9.17) is 4.74 Å². The predicted octanol–water partition coefficient (Wildman–Crippen LogP) is 2.50. The Morgan fingerprint density at radius 2 is 2.07 bits per heavy atom. The summed E-state index contributed by atoms with van der Waals surface area (Å²) in [7, 11) is 0. The molecule has 0 bridgehead atoms. The molecule has 0 amide bonds. The van der Waals surface area contributed by atoms with E-state index in [-0.39, 0.29) is 12.4 Å². The summed E-state index contributed by atoms with van der Waals surface area (Å²) >= 11 is 0. The summed E-state index contributed by atoms with van der Waals surface area (Å²) in [6.07, 6.45) is 4.57. The number of fused-ring (bicyclic) bond motifs is 3. The highest BCUT2D eigenvalue weighted by Gasteiger charge is 2.33. The van der Waals surface area contributed by atoms with E-state index in [2.05, 4.69) is 25.0 Å². The first-order chi connectivity index (χ1) is 14.1. The zero-order valence-electron chi connectivity index (χ0n) is 16.7. The van der Waals surface area contributed by atoms with Gasteiger partial charge in [-0.2, -0.15) is 9.83 Å². The maximum Gasteiger partial charge on any atom is 0.362 e. The van der Waals surface area contributed by atoms with E-state index in [1.54, 1.807) is 6.92 Å². The fraction of sp³-hybridized carbons (Fsp3) is 0.273. The number of aromatic nitrogens is 4. The molecule has 4 rings (SSSR count). The zero-order chi connectivity index (χ0) is 20.5. The fourth-order valence-corrected chi connectivity index (χ4v) is 3.90. The van der Waals surface area contributed by atoms with Gasteiger partial charge in [-0.3, -0.25) is 4.79 Å². The van der Waals surface area contributed by atoms with Crippen LogP contribution in [0.3, 0.4) is 0 Å². The average molecular weight is 389 g/mol. The normalized spacial score (nSPS) is 11.1. The molecule has 3 heterocycles. The van der Waals surface area contributed by atoms with Crippen LogP contribution in [0.1, 0.15) is 35.9 Å². The van der Waals surface area contributed by atoms with Gasteiger partial charge in [-0.05, 0) is 38.0 Å². The standard InChI is InChI=1S/C22H21N5O2/c1-4-29-20(28)10-9-16-14(2)17(13-23)21-25-18-7-5-6-8-19(18)27(21)22(16)26-12-11-24-15(26)3/h5-8,11-12H,4,9-10H2,1-3H3/p+2. The highest BCUT2D eigenvalue weighted by Crippen LogP contribution is 2.24. The molecule has 0 spiro atoms. The second kappa shape index (κ2) is 7.40. The number of aromatic amines is 2. The lowest BCUT2D eigenvalue weighted by atomic mass is 10.00. The second-order valence-corrected chi connectivity index (χ2v) is 6.96. The molecule has 0 saturated heterocycles. The minimum absolute atomic E-state index is 0.240. The van der Waals surface area contributed by atoms with Gasteiger partial charge in [0.15, 0.2) is 5.56 Å². The van der Waals surface area contributed by atoms with Crippen molar-refractivity contribution in [3.8, 4) is 11.9 Å². The molecule has 0 aliphatic carbocycles. The van der Waals surface area contributed by atoms with Crippen LogP contribution in [0.4, 0.5) is 0 Å². The second-order valence-electron chi connectivity index (χ2n) is 6.96. The molecule has 0 saturated carbocycles. The Morgan fingerprint density at radius 1 is 1.28 bits per heavy atom. The van der Waals surface area contributed by atoms with Crippen molar-refractivity contribution in [2.24, 2.45) is 0 Å². The Labute approximate surface area is 168 Å². The van der Waals surface area contributed by atoms with Gasteiger partial charge < -0.3 is 9.72 Å². The number of carbonyl (C=O) groups is 1. The van der Waals surface area contributed by atoms with E-state index in [0.29, 0.717) is 18.6 Å². The SMILES string of the molecule is CCOC(=O)CCc1c(C)c(C#N)c2[nH]c3ccccc3[n+]2c1-[n+]1cc[nH]c1C. The third kappa shape index (κ3) is 3.03. The first-order valence-electron chi connectivity index (χ1n) is 9.66.